The summed E-state index contributed by atoms with van der Waals surface area (Å²) in [6, 6.07) is 11.0. The maximum Gasteiger partial charge on any atom is 0.305 e. The largest absolute Gasteiger partial charge is 0.497 e. The minimum Gasteiger partial charge on any atom is -0.497 e. The molecule has 20 heteroatoms. The van der Waals surface area contributed by atoms with Crippen LogP contribution in [0.5, 0.6) is 11.5 Å². The van der Waals surface area contributed by atoms with Crippen LogP contribution in [0.3, 0.4) is 0 Å². The highest BCUT2D eigenvalue weighted by Crippen LogP contribution is 2.46. The predicted octanol–water partition coefficient (Wildman–Crippen LogP) is 5.00. The molecule has 62 heavy (non-hydrogen) atoms. The third-order valence-corrected chi connectivity index (χ3v) is 14.6. The molecule has 8 rings (SSSR count). The molecule has 2 fully saturated rings. The third-order valence-electron chi connectivity index (χ3n) is 10.9. The first-order valence-corrected chi connectivity index (χ1v) is 23.4. The number of nitrogens with zero attached hydrogens (tertiary/aromatic N) is 3. The highest BCUT2D eigenvalue weighted by atomic mass is 32.2. The van der Waals surface area contributed by atoms with E-state index in [2.05, 4.69) is 26.2 Å². The summed E-state index contributed by atoms with van der Waals surface area (Å²) in [5.74, 6) is -2.00. The van der Waals surface area contributed by atoms with Crippen LogP contribution >= 0.6 is 22.7 Å². The van der Waals surface area contributed by atoms with Crippen LogP contribution in [0.25, 0.3) is 22.3 Å². The fraction of sp³-hybridized carbons (Fsp3) is 0.381. The van der Waals surface area contributed by atoms with Gasteiger partial charge in [-0.3, -0.25) is 30.0 Å². The summed E-state index contributed by atoms with van der Waals surface area (Å²) >= 11 is 2.47. The third kappa shape index (κ3) is 9.18. The zero-order valence-corrected chi connectivity index (χ0v) is 36.5. The van der Waals surface area contributed by atoms with Crippen LogP contribution in [-0.2, 0) is 24.4 Å². The van der Waals surface area contributed by atoms with E-state index in [1.165, 1.54) is 40.7 Å². The Morgan fingerprint density at radius 3 is 2.66 bits per heavy atom. The lowest BCUT2D eigenvalue weighted by Gasteiger charge is -2.30. The molecule has 5 N–H and O–H groups in total. The number of methoxy groups -OCH3 is 1. The fourth-order valence-electron chi connectivity index (χ4n) is 7.74. The highest BCUT2D eigenvalue weighted by Gasteiger charge is 2.61. The molecule has 1 aromatic carbocycles. The number of thiazole rings is 1. The summed E-state index contributed by atoms with van der Waals surface area (Å²) < 4.78 is 47.2. The van der Waals surface area contributed by atoms with Gasteiger partial charge in [-0.2, -0.15) is 4.72 Å². The molecule has 0 spiro atoms. The van der Waals surface area contributed by atoms with Crippen LogP contribution in [0.4, 0.5) is 5.13 Å². The first-order chi connectivity index (χ1) is 29.8. The molecule has 0 bridgehead atoms. The van der Waals surface area contributed by atoms with Gasteiger partial charge < -0.3 is 29.4 Å². The number of hydrogen-bond acceptors (Lipinski definition) is 14. The number of aromatic nitrogens is 2. The second kappa shape index (κ2) is 17.9. The topological polar surface area (TPSA) is 223 Å². The van der Waals surface area contributed by atoms with Crippen molar-refractivity contribution in [3.8, 4) is 22.9 Å². The van der Waals surface area contributed by atoms with Crippen molar-refractivity contribution in [3.05, 3.63) is 83.5 Å². The van der Waals surface area contributed by atoms with Gasteiger partial charge in [-0.05, 0) is 75.2 Å². The molecule has 1 saturated heterocycles. The number of fused-ring (bicyclic) bond motifs is 3. The smallest absolute Gasteiger partial charge is 0.305 e. The van der Waals surface area contributed by atoms with Crippen LogP contribution in [0.1, 0.15) is 62.9 Å². The average Bonchev–Trinajstić information content (AvgIpc) is 3.94. The average molecular weight is 903 g/mol. The quantitative estimate of drug-likeness (QED) is 0.0873. The number of hydrazine groups is 1. The maximum absolute atomic E-state index is 14.8. The Labute approximate surface area is 365 Å². The zero-order chi connectivity index (χ0) is 43.6. The van der Waals surface area contributed by atoms with E-state index in [0.29, 0.717) is 53.1 Å². The molecule has 326 valence electrons. The van der Waals surface area contributed by atoms with Crippen molar-refractivity contribution in [2.45, 2.75) is 86.3 Å². The molecule has 0 unspecified atom stereocenters. The van der Waals surface area contributed by atoms with Gasteiger partial charge in [0.15, 0.2) is 10.9 Å². The van der Waals surface area contributed by atoms with Gasteiger partial charge >= 0.3 is 5.91 Å². The molecule has 3 aliphatic rings. The number of thiophene rings is 1. The predicted molar refractivity (Wildman–Crippen MR) is 232 cm³/mol. The molecule has 6 heterocycles. The standard InChI is InChI=1S/C42H46N8O9S3/c1-24(2)43-41-45-32(23-61-41)31-20-35(28-15-14-26(57-3)18-30(28)44-31)59-27-19-33-37(51)46-42(40(54)48-47-38(52)34-12-8-16-58-34)21-25(42)10-6-4-5-7-11-29(39(53)50(33)22-27)49-62(55,56)36-13-9-17-60-36/h6,8-10,12-18,20,23-25,27,29,33,49H,4-5,7,11,19,21-22H2,1-3H3,(H,43,45)(H,46,51)(H,47,52)(H,48,54)/b10-6-/t25-,27-,29+,33+,42-/m1/s1. The molecule has 5 aromatic rings. The highest BCUT2D eigenvalue weighted by molar-refractivity contribution is 7.91. The minimum absolute atomic E-state index is 0.00383. The Balaban J connectivity index is 1.12. The molecule has 5 atom stereocenters. The summed E-state index contributed by atoms with van der Waals surface area (Å²) in [6.07, 6.45) is 6.47. The number of allylic oxidation sites excluding steroid dienone is 1. The van der Waals surface area contributed by atoms with Crippen LogP contribution in [0, 0.1) is 5.92 Å². The van der Waals surface area contributed by atoms with Crippen molar-refractivity contribution in [1.82, 2.24) is 35.8 Å². The van der Waals surface area contributed by atoms with Crippen LogP contribution in [-0.4, -0.2) is 90.3 Å². The molecule has 1 aliphatic carbocycles. The van der Waals surface area contributed by atoms with Gasteiger partial charge in [0.25, 0.3) is 15.9 Å². The normalized spacial score (nSPS) is 23.5. The van der Waals surface area contributed by atoms with Crippen molar-refractivity contribution in [3.63, 3.8) is 0 Å². The van der Waals surface area contributed by atoms with Gasteiger partial charge in [-0.15, -0.1) is 22.7 Å². The number of furan rings is 1. The van der Waals surface area contributed by atoms with Crippen LogP contribution in [0.2, 0.25) is 0 Å². The van der Waals surface area contributed by atoms with E-state index in [1.807, 2.05) is 37.4 Å². The van der Waals surface area contributed by atoms with E-state index in [0.717, 1.165) is 16.5 Å². The Kier molecular flexibility index (Phi) is 12.4. The van der Waals surface area contributed by atoms with Gasteiger partial charge in [0.2, 0.25) is 11.8 Å². The van der Waals surface area contributed by atoms with Gasteiger partial charge in [-0.1, -0.05) is 24.6 Å². The Morgan fingerprint density at radius 1 is 1.05 bits per heavy atom. The van der Waals surface area contributed by atoms with E-state index >= 15 is 0 Å². The molecule has 0 radical (unpaired) electrons. The summed E-state index contributed by atoms with van der Waals surface area (Å²) in [5, 5.41) is 11.1. The molecule has 2 aliphatic heterocycles. The van der Waals surface area contributed by atoms with E-state index in [4.69, 9.17) is 23.9 Å². The number of carbonyl (C=O) groups excluding carboxylic acids is 4. The van der Waals surface area contributed by atoms with E-state index < -0.39 is 63.3 Å². The number of pyridine rings is 1. The molecule has 4 aromatic heterocycles. The number of amides is 4. The number of anilines is 1. The lowest BCUT2D eigenvalue weighted by Crippen LogP contribution is -2.59. The van der Waals surface area contributed by atoms with Crippen molar-refractivity contribution < 1.29 is 41.5 Å². The second-order valence-corrected chi connectivity index (χ2v) is 19.4. The fourth-order valence-corrected chi connectivity index (χ4v) is 10.8. The van der Waals surface area contributed by atoms with Gasteiger partial charge in [0, 0.05) is 41.3 Å². The Hall–Kier alpha value is -5.83. The number of ether oxygens (including phenoxy) is 2. The van der Waals surface area contributed by atoms with Crippen molar-refractivity contribution >= 4 is 72.4 Å². The summed E-state index contributed by atoms with van der Waals surface area (Å²) in [4.78, 5) is 66.9. The number of sulfonamides is 1. The lowest BCUT2D eigenvalue weighted by atomic mass is 10.0. The Morgan fingerprint density at radius 2 is 1.90 bits per heavy atom. The van der Waals surface area contributed by atoms with Crippen LogP contribution < -0.4 is 35.7 Å². The first kappa shape index (κ1) is 42.8. The minimum atomic E-state index is -4.10. The van der Waals surface area contributed by atoms with Gasteiger partial charge in [-0.25, -0.2) is 18.4 Å². The molecule has 1 saturated carbocycles. The zero-order valence-electron chi connectivity index (χ0n) is 34.1. The maximum atomic E-state index is 14.8. The number of benzene rings is 1. The molecular formula is C42H46N8O9S3. The Bertz CT molecular complexity index is 2600. The monoisotopic (exact) mass is 902 g/mol. The SMILES string of the molecule is COc1ccc2c(O[C@@H]3C[C@H]4C(=O)N[C@]5(C(=O)NNC(=O)c6ccco6)C[C@H]5/C=C\CCCC[C@H](NS(=O)(=O)c5cccs5)C(=O)N4C3)cc(-c3csc(NC(C)C)n3)nc2c1. The van der Waals surface area contributed by atoms with Crippen LogP contribution in [0.15, 0.2) is 86.3 Å². The molecular weight excluding hydrogens is 857 g/mol. The van der Waals surface area contributed by atoms with Gasteiger partial charge in [0.1, 0.15) is 45.1 Å². The van der Waals surface area contributed by atoms with E-state index in [9.17, 15) is 27.6 Å². The number of hydrogen-bond donors (Lipinski definition) is 5. The summed E-state index contributed by atoms with van der Waals surface area (Å²) in [6.45, 7) is 3.96. The number of carbonyl (C=O) groups is 4. The summed E-state index contributed by atoms with van der Waals surface area (Å²) in [5.41, 5.74) is 5.05. The second-order valence-electron chi connectivity index (χ2n) is 15.7. The molecule has 4 amide bonds. The van der Waals surface area contributed by atoms with Crippen molar-refractivity contribution in [1.29, 1.82) is 0 Å². The lowest BCUT2D eigenvalue weighted by molar-refractivity contribution is -0.141. The first-order valence-electron chi connectivity index (χ1n) is 20.2. The van der Waals surface area contributed by atoms with E-state index in [-0.39, 0.29) is 41.8 Å². The van der Waals surface area contributed by atoms with Crippen molar-refractivity contribution in [2.24, 2.45) is 5.92 Å². The number of rotatable bonds is 11. The van der Waals surface area contributed by atoms with Gasteiger partial charge in [0.05, 0.1) is 31.1 Å². The van der Waals surface area contributed by atoms with E-state index in [1.54, 1.807) is 36.8 Å². The summed E-state index contributed by atoms with van der Waals surface area (Å²) in [7, 11) is -2.54. The molecule has 17 nitrogen and oxygen atoms in total. The number of nitrogens with one attached hydrogen (secondary N) is 5. The van der Waals surface area contributed by atoms with Crippen molar-refractivity contribution in [2.75, 3.05) is 19.0 Å².